The van der Waals surface area contributed by atoms with Crippen LogP contribution in [0, 0.1) is 5.92 Å². The lowest BCUT2D eigenvalue weighted by Gasteiger charge is -2.31. The first-order valence-electron chi connectivity index (χ1n) is 7.22. The Hall–Kier alpha value is -0.860. The Kier molecular flexibility index (Phi) is 4.11. The number of carbonyl (C=O) groups is 1. The minimum Gasteiger partial charge on any atom is -0.368 e. The summed E-state index contributed by atoms with van der Waals surface area (Å²) in [6.07, 6.45) is 4.47. The number of carbonyl (C=O) groups excluding carboxylic acids is 1. The maximum Gasteiger partial charge on any atom is 0.238 e. The van der Waals surface area contributed by atoms with Gasteiger partial charge in [-0.3, -0.25) is 10.1 Å². The number of aromatic nitrogens is 2. The molecule has 1 aromatic rings. The summed E-state index contributed by atoms with van der Waals surface area (Å²) in [5.74, 6) is 0.803. The molecule has 116 valence electrons. The predicted molar refractivity (Wildman–Crippen MR) is 85.8 cm³/mol. The molecule has 2 aliphatic rings. The molecule has 1 aromatic heterocycles. The minimum absolute atomic E-state index is 0.221. The number of nitrogens with one attached hydrogen (secondary N) is 1. The summed E-state index contributed by atoms with van der Waals surface area (Å²) in [5.41, 5.74) is 5.18. The molecule has 0 radical (unpaired) electrons. The third-order valence-electron chi connectivity index (χ3n) is 3.95. The molecule has 21 heavy (non-hydrogen) atoms. The molecule has 0 aliphatic heterocycles. The molecule has 8 heteroatoms. The van der Waals surface area contributed by atoms with Crippen molar-refractivity contribution in [3.8, 4) is 0 Å². The maximum absolute atomic E-state index is 12.1. The number of nitrogens with two attached hydrogens (primary N) is 1. The Bertz CT molecular complexity index is 526. The van der Waals surface area contributed by atoms with Crippen molar-refractivity contribution >= 4 is 34.1 Å². The number of primary amides is 1. The third-order valence-corrected chi connectivity index (χ3v) is 6.37. The monoisotopic (exact) mass is 327 g/mol. The first-order valence-corrected chi connectivity index (χ1v) is 9.03. The van der Waals surface area contributed by atoms with E-state index in [0.717, 1.165) is 35.2 Å². The Morgan fingerprint density at radius 2 is 2.14 bits per heavy atom. The first kappa shape index (κ1) is 15.1. The van der Waals surface area contributed by atoms with Crippen LogP contribution in [-0.2, 0) is 4.79 Å². The number of hydrogen-bond acceptors (Lipinski definition) is 7. The molecule has 3 rings (SSSR count). The fourth-order valence-electron chi connectivity index (χ4n) is 2.41. The van der Waals surface area contributed by atoms with Crippen LogP contribution in [0.4, 0.5) is 5.13 Å². The Labute approximate surface area is 132 Å². The van der Waals surface area contributed by atoms with Gasteiger partial charge in [0.25, 0.3) is 0 Å². The zero-order valence-electron chi connectivity index (χ0n) is 12.3. The largest absolute Gasteiger partial charge is 0.368 e. The van der Waals surface area contributed by atoms with E-state index in [0.29, 0.717) is 17.7 Å². The molecule has 0 aromatic carbocycles. The SMILES string of the molecule is CN(C)c1nnc(SCC(NC2CC2)(C(N)=O)C2CC2)s1. The predicted octanol–water partition coefficient (Wildman–Crippen LogP) is 1.08. The summed E-state index contributed by atoms with van der Waals surface area (Å²) in [6.45, 7) is 0. The second-order valence-corrected chi connectivity index (χ2v) is 8.24. The lowest BCUT2D eigenvalue weighted by molar-refractivity contribution is -0.124. The van der Waals surface area contributed by atoms with Crippen LogP contribution in [-0.4, -0.2) is 47.5 Å². The van der Waals surface area contributed by atoms with Crippen LogP contribution in [0.25, 0.3) is 0 Å². The lowest BCUT2D eigenvalue weighted by atomic mass is 9.94. The normalized spacial score (nSPS) is 21.0. The molecule has 0 spiro atoms. The minimum atomic E-state index is -0.574. The van der Waals surface area contributed by atoms with Crippen LogP contribution in [0.2, 0.25) is 0 Å². The van der Waals surface area contributed by atoms with E-state index in [1.165, 1.54) is 0 Å². The van der Waals surface area contributed by atoms with Crippen molar-refractivity contribution < 1.29 is 4.79 Å². The second-order valence-electron chi connectivity index (χ2n) is 6.06. The zero-order chi connectivity index (χ0) is 15.0. The van der Waals surface area contributed by atoms with Gasteiger partial charge >= 0.3 is 0 Å². The van der Waals surface area contributed by atoms with Crippen molar-refractivity contribution in [3.63, 3.8) is 0 Å². The molecule has 1 amide bonds. The molecule has 3 N–H and O–H groups in total. The van der Waals surface area contributed by atoms with Crippen LogP contribution >= 0.6 is 23.1 Å². The quantitative estimate of drug-likeness (QED) is 0.695. The second kappa shape index (κ2) is 5.73. The van der Waals surface area contributed by atoms with Gasteiger partial charge in [-0.1, -0.05) is 23.1 Å². The topological polar surface area (TPSA) is 84.1 Å². The van der Waals surface area contributed by atoms with Crippen LogP contribution in [0.15, 0.2) is 4.34 Å². The molecule has 1 unspecified atom stereocenters. The zero-order valence-corrected chi connectivity index (χ0v) is 14.0. The van der Waals surface area contributed by atoms with Crippen molar-refractivity contribution in [3.05, 3.63) is 0 Å². The summed E-state index contributed by atoms with van der Waals surface area (Å²) in [6, 6.07) is 0.463. The maximum atomic E-state index is 12.1. The van der Waals surface area contributed by atoms with Gasteiger partial charge in [0, 0.05) is 25.9 Å². The number of hydrogen-bond donors (Lipinski definition) is 2. The van der Waals surface area contributed by atoms with Gasteiger partial charge in [-0.2, -0.15) is 0 Å². The fraction of sp³-hybridized carbons (Fsp3) is 0.769. The lowest BCUT2D eigenvalue weighted by Crippen LogP contribution is -2.60. The highest BCUT2D eigenvalue weighted by Gasteiger charge is 2.51. The molecular formula is C13H21N5OS2. The van der Waals surface area contributed by atoms with E-state index in [9.17, 15) is 4.79 Å². The molecule has 1 atom stereocenters. The van der Waals surface area contributed by atoms with Crippen molar-refractivity contribution in [2.75, 3.05) is 24.7 Å². The number of nitrogens with zero attached hydrogens (tertiary/aromatic N) is 3. The van der Waals surface area contributed by atoms with Gasteiger partial charge in [-0.15, -0.1) is 10.2 Å². The van der Waals surface area contributed by atoms with Gasteiger partial charge in [0.15, 0.2) is 4.34 Å². The third kappa shape index (κ3) is 3.32. The van der Waals surface area contributed by atoms with E-state index in [2.05, 4.69) is 15.5 Å². The van der Waals surface area contributed by atoms with Gasteiger partial charge in [-0.05, 0) is 31.6 Å². The number of anilines is 1. The Balaban J connectivity index is 1.69. The summed E-state index contributed by atoms with van der Waals surface area (Å²) in [7, 11) is 3.89. The van der Waals surface area contributed by atoms with E-state index >= 15 is 0 Å². The van der Waals surface area contributed by atoms with Crippen LogP contribution in [0.5, 0.6) is 0 Å². The van der Waals surface area contributed by atoms with Crippen LogP contribution in [0.1, 0.15) is 25.7 Å². The standard InChI is InChI=1S/C13H21N5OS2/c1-18(2)11-16-17-12(21-11)20-7-13(10(14)19,8-3-4-8)15-9-5-6-9/h8-9,15H,3-7H2,1-2H3,(H2,14,19). The Morgan fingerprint density at radius 1 is 1.43 bits per heavy atom. The number of rotatable bonds is 8. The van der Waals surface area contributed by atoms with Crippen LogP contribution < -0.4 is 16.0 Å². The van der Waals surface area contributed by atoms with Gasteiger partial charge in [0.1, 0.15) is 5.54 Å². The molecule has 6 nitrogen and oxygen atoms in total. The molecule has 1 heterocycles. The van der Waals surface area contributed by atoms with E-state index in [4.69, 9.17) is 5.73 Å². The van der Waals surface area contributed by atoms with Crippen molar-refractivity contribution in [2.45, 2.75) is 41.6 Å². The summed E-state index contributed by atoms with van der Waals surface area (Å²) in [4.78, 5) is 14.0. The summed E-state index contributed by atoms with van der Waals surface area (Å²) >= 11 is 3.13. The van der Waals surface area contributed by atoms with Crippen molar-refractivity contribution in [1.82, 2.24) is 15.5 Å². The van der Waals surface area contributed by atoms with E-state index in [-0.39, 0.29) is 5.91 Å². The molecule has 2 aliphatic carbocycles. The van der Waals surface area contributed by atoms with Crippen LogP contribution in [0.3, 0.4) is 0 Å². The summed E-state index contributed by atoms with van der Waals surface area (Å²) in [5, 5.41) is 12.7. The van der Waals surface area contributed by atoms with Gasteiger partial charge in [0.05, 0.1) is 0 Å². The summed E-state index contributed by atoms with van der Waals surface area (Å²) < 4.78 is 0.891. The van der Waals surface area contributed by atoms with Crippen molar-refractivity contribution in [2.24, 2.45) is 11.7 Å². The highest BCUT2D eigenvalue weighted by Crippen LogP contribution is 2.44. The van der Waals surface area contributed by atoms with Gasteiger partial charge < -0.3 is 10.6 Å². The van der Waals surface area contributed by atoms with Gasteiger partial charge in [0.2, 0.25) is 11.0 Å². The van der Waals surface area contributed by atoms with E-state index < -0.39 is 5.54 Å². The van der Waals surface area contributed by atoms with Crippen molar-refractivity contribution in [1.29, 1.82) is 0 Å². The van der Waals surface area contributed by atoms with E-state index in [1.807, 2.05) is 19.0 Å². The fourth-order valence-corrected chi connectivity index (χ4v) is 4.46. The average molecular weight is 327 g/mol. The first-order chi connectivity index (χ1) is 10.0. The number of thioether (sulfide) groups is 1. The smallest absolute Gasteiger partial charge is 0.238 e. The average Bonchev–Trinajstić information content (AvgIpc) is 3.34. The van der Waals surface area contributed by atoms with Gasteiger partial charge in [-0.25, -0.2) is 0 Å². The highest BCUT2D eigenvalue weighted by molar-refractivity contribution is 8.01. The molecule has 2 fully saturated rings. The molecule has 0 bridgehead atoms. The molecular weight excluding hydrogens is 306 g/mol. The molecule has 2 saturated carbocycles. The van der Waals surface area contributed by atoms with E-state index in [1.54, 1.807) is 23.1 Å². The Morgan fingerprint density at radius 3 is 2.62 bits per heavy atom. The molecule has 0 saturated heterocycles. The highest BCUT2D eigenvalue weighted by atomic mass is 32.2. The number of amides is 1.